The van der Waals surface area contributed by atoms with Crippen LogP contribution < -0.4 is 15.4 Å². The van der Waals surface area contributed by atoms with E-state index in [2.05, 4.69) is 15.4 Å². The first-order chi connectivity index (χ1) is 9.13. The number of benzene rings is 1. The van der Waals surface area contributed by atoms with E-state index in [1.165, 1.54) is 24.3 Å². The fourth-order valence-electron chi connectivity index (χ4n) is 2.09. The standard InChI is InChI=1S/C13H16F2N2O2.ClH/c14-13(15)19-11-5-3-9(4-6-11)17-12(18)8-10-2-1-7-16-10;/h3-6,10,13,16H,1-2,7-8H2,(H,17,18);1H. The Labute approximate surface area is 122 Å². The first-order valence-electron chi connectivity index (χ1n) is 6.21. The smallest absolute Gasteiger partial charge is 0.387 e. The van der Waals surface area contributed by atoms with Gasteiger partial charge in [0.1, 0.15) is 5.75 Å². The van der Waals surface area contributed by atoms with Gasteiger partial charge in [0.2, 0.25) is 5.91 Å². The molecule has 1 aliphatic rings. The summed E-state index contributed by atoms with van der Waals surface area (Å²) < 4.78 is 28.1. The second-order valence-corrected chi connectivity index (χ2v) is 4.45. The molecule has 2 rings (SSSR count). The second kappa shape index (κ2) is 8.01. The van der Waals surface area contributed by atoms with Crippen LogP contribution >= 0.6 is 12.4 Å². The molecule has 0 radical (unpaired) electrons. The van der Waals surface area contributed by atoms with Crippen LogP contribution in [0, 0.1) is 0 Å². The fraction of sp³-hybridized carbons (Fsp3) is 0.462. The Morgan fingerprint density at radius 1 is 1.40 bits per heavy atom. The summed E-state index contributed by atoms with van der Waals surface area (Å²) in [5, 5.41) is 5.97. The molecule has 1 aliphatic heterocycles. The van der Waals surface area contributed by atoms with Crippen molar-refractivity contribution in [3.8, 4) is 5.75 Å². The molecular weight excluding hydrogens is 290 g/mol. The number of halogens is 3. The highest BCUT2D eigenvalue weighted by molar-refractivity contribution is 5.91. The third kappa shape index (κ3) is 5.30. The molecule has 0 bridgehead atoms. The number of anilines is 1. The maximum atomic E-state index is 12.0. The van der Waals surface area contributed by atoms with Crippen LogP contribution in [-0.2, 0) is 4.79 Å². The molecule has 2 N–H and O–H groups in total. The van der Waals surface area contributed by atoms with Gasteiger partial charge in [-0.05, 0) is 43.7 Å². The molecule has 1 atom stereocenters. The summed E-state index contributed by atoms with van der Waals surface area (Å²) in [6, 6.07) is 6.11. The topological polar surface area (TPSA) is 50.4 Å². The average molecular weight is 307 g/mol. The molecule has 7 heteroatoms. The first kappa shape index (κ1) is 16.7. The Morgan fingerprint density at radius 3 is 2.65 bits per heavy atom. The normalized spacial score (nSPS) is 17.6. The van der Waals surface area contributed by atoms with Crippen molar-refractivity contribution in [1.29, 1.82) is 0 Å². The summed E-state index contributed by atoms with van der Waals surface area (Å²) in [5.74, 6) is -0.00705. The third-order valence-electron chi connectivity index (χ3n) is 2.96. The van der Waals surface area contributed by atoms with E-state index in [0.717, 1.165) is 19.4 Å². The molecule has 0 aromatic heterocycles. The minimum atomic E-state index is -2.84. The number of ether oxygens (including phenoxy) is 1. The molecule has 20 heavy (non-hydrogen) atoms. The van der Waals surface area contributed by atoms with E-state index in [1.54, 1.807) is 0 Å². The van der Waals surface area contributed by atoms with Crippen molar-refractivity contribution in [3.05, 3.63) is 24.3 Å². The molecule has 4 nitrogen and oxygen atoms in total. The quantitative estimate of drug-likeness (QED) is 0.879. The van der Waals surface area contributed by atoms with E-state index in [4.69, 9.17) is 0 Å². The van der Waals surface area contributed by atoms with E-state index < -0.39 is 6.61 Å². The molecule has 1 amide bonds. The van der Waals surface area contributed by atoms with Gasteiger partial charge in [-0.25, -0.2) is 0 Å². The SMILES string of the molecule is Cl.O=C(CC1CCCN1)Nc1ccc(OC(F)F)cc1. The van der Waals surface area contributed by atoms with Gasteiger partial charge in [-0.3, -0.25) is 4.79 Å². The van der Waals surface area contributed by atoms with Crippen molar-refractivity contribution >= 4 is 24.0 Å². The Kier molecular flexibility index (Phi) is 6.67. The molecule has 0 spiro atoms. The Bertz CT molecular complexity index is 423. The minimum absolute atomic E-state index is 0. The molecule has 1 aromatic rings. The van der Waals surface area contributed by atoms with Gasteiger partial charge in [-0.2, -0.15) is 8.78 Å². The fourth-order valence-corrected chi connectivity index (χ4v) is 2.09. The molecule has 1 saturated heterocycles. The van der Waals surface area contributed by atoms with E-state index in [1.807, 2.05) is 0 Å². The molecule has 1 heterocycles. The van der Waals surface area contributed by atoms with Crippen LogP contribution in [0.1, 0.15) is 19.3 Å². The summed E-state index contributed by atoms with van der Waals surface area (Å²) in [6.45, 7) is -1.88. The highest BCUT2D eigenvalue weighted by Gasteiger charge is 2.17. The summed E-state index contributed by atoms with van der Waals surface area (Å²) in [6.07, 6.45) is 2.53. The molecule has 1 aromatic carbocycles. The van der Waals surface area contributed by atoms with E-state index in [-0.39, 0.29) is 30.1 Å². The molecule has 0 aliphatic carbocycles. The number of carbonyl (C=O) groups is 1. The van der Waals surface area contributed by atoms with Gasteiger partial charge in [0.15, 0.2) is 0 Å². The third-order valence-corrected chi connectivity index (χ3v) is 2.96. The highest BCUT2D eigenvalue weighted by atomic mass is 35.5. The monoisotopic (exact) mass is 306 g/mol. The highest BCUT2D eigenvalue weighted by Crippen LogP contribution is 2.18. The van der Waals surface area contributed by atoms with Crippen LogP contribution in [0.15, 0.2) is 24.3 Å². The number of hydrogen-bond acceptors (Lipinski definition) is 3. The summed E-state index contributed by atoms with van der Waals surface area (Å²) in [7, 11) is 0. The first-order valence-corrected chi connectivity index (χ1v) is 6.21. The lowest BCUT2D eigenvalue weighted by Gasteiger charge is -2.11. The van der Waals surface area contributed by atoms with Crippen molar-refractivity contribution in [2.24, 2.45) is 0 Å². The number of nitrogens with one attached hydrogen (secondary N) is 2. The zero-order valence-electron chi connectivity index (χ0n) is 10.8. The maximum Gasteiger partial charge on any atom is 0.387 e. The zero-order valence-corrected chi connectivity index (χ0v) is 11.6. The summed E-state index contributed by atoms with van der Waals surface area (Å²) >= 11 is 0. The van der Waals surface area contributed by atoms with Crippen molar-refractivity contribution in [2.75, 3.05) is 11.9 Å². The van der Waals surface area contributed by atoms with Crippen LogP contribution in [0.5, 0.6) is 5.75 Å². The van der Waals surface area contributed by atoms with Gasteiger partial charge >= 0.3 is 6.61 Å². The zero-order chi connectivity index (χ0) is 13.7. The van der Waals surface area contributed by atoms with Crippen LogP contribution in [-0.4, -0.2) is 25.1 Å². The van der Waals surface area contributed by atoms with Crippen molar-refractivity contribution in [2.45, 2.75) is 31.9 Å². The number of alkyl halides is 2. The second-order valence-electron chi connectivity index (χ2n) is 4.45. The Morgan fingerprint density at radius 2 is 2.10 bits per heavy atom. The summed E-state index contributed by atoms with van der Waals surface area (Å²) in [4.78, 5) is 11.7. The Hall–Kier alpha value is -1.40. The molecule has 0 saturated carbocycles. The van der Waals surface area contributed by atoms with E-state index in [0.29, 0.717) is 12.1 Å². The van der Waals surface area contributed by atoms with Gasteiger partial charge < -0.3 is 15.4 Å². The largest absolute Gasteiger partial charge is 0.435 e. The predicted octanol–water partition coefficient (Wildman–Crippen LogP) is 2.79. The molecule has 1 unspecified atom stereocenters. The van der Waals surface area contributed by atoms with Gasteiger partial charge in [-0.15, -0.1) is 12.4 Å². The minimum Gasteiger partial charge on any atom is -0.435 e. The van der Waals surface area contributed by atoms with Gasteiger partial charge in [0, 0.05) is 18.2 Å². The van der Waals surface area contributed by atoms with E-state index >= 15 is 0 Å². The van der Waals surface area contributed by atoms with Crippen molar-refractivity contribution < 1.29 is 18.3 Å². The van der Waals surface area contributed by atoms with Gasteiger partial charge in [-0.1, -0.05) is 0 Å². The van der Waals surface area contributed by atoms with Crippen molar-refractivity contribution in [3.63, 3.8) is 0 Å². The van der Waals surface area contributed by atoms with E-state index in [9.17, 15) is 13.6 Å². The van der Waals surface area contributed by atoms with Crippen LogP contribution in [0.3, 0.4) is 0 Å². The molecule has 1 fully saturated rings. The number of carbonyl (C=O) groups excluding carboxylic acids is 1. The Balaban J connectivity index is 0.00000200. The van der Waals surface area contributed by atoms with Crippen LogP contribution in [0.2, 0.25) is 0 Å². The predicted molar refractivity (Wildman–Crippen MR) is 74.6 cm³/mol. The number of amides is 1. The van der Waals surface area contributed by atoms with Crippen molar-refractivity contribution in [1.82, 2.24) is 5.32 Å². The van der Waals surface area contributed by atoms with Gasteiger partial charge in [0.05, 0.1) is 0 Å². The lowest BCUT2D eigenvalue weighted by atomic mass is 10.1. The number of rotatable bonds is 5. The maximum absolute atomic E-state index is 12.0. The molecular formula is C13H17ClF2N2O2. The molecule has 112 valence electrons. The van der Waals surface area contributed by atoms with Gasteiger partial charge in [0.25, 0.3) is 0 Å². The average Bonchev–Trinajstić information content (AvgIpc) is 2.83. The number of hydrogen-bond donors (Lipinski definition) is 2. The lowest BCUT2D eigenvalue weighted by Crippen LogP contribution is -2.27. The van der Waals surface area contributed by atoms with Crippen LogP contribution in [0.25, 0.3) is 0 Å². The van der Waals surface area contributed by atoms with Crippen LogP contribution in [0.4, 0.5) is 14.5 Å². The lowest BCUT2D eigenvalue weighted by molar-refractivity contribution is -0.116. The summed E-state index contributed by atoms with van der Waals surface area (Å²) in [5.41, 5.74) is 0.574.